The van der Waals surface area contributed by atoms with Crippen LogP contribution < -0.4 is 5.32 Å². The number of nitrogens with one attached hydrogen (secondary N) is 1. The molecular weight excluding hydrogens is 248 g/mol. The minimum absolute atomic E-state index is 0.152. The Bertz CT molecular complexity index is 568. The number of benzene rings is 1. The zero-order valence-corrected chi connectivity index (χ0v) is 11.8. The van der Waals surface area contributed by atoms with Gasteiger partial charge in [0.2, 0.25) is 0 Å². The molecule has 0 amide bonds. The van der Waals surface area contributed by atoms with Crippen LogP contribution in [0.3, 0.4) is 0 Å². The van der Waals surface area contributed by atoms with E-state index >= 15 is 0 Å². The van der Waals surface area contributed by atoms with Crippen molar-refractivity contribution in [1.29, 1.82) is 0 Å². The first kappa shape index (κ1) is 13.3. The molecule has 2 heterocycles. The highest BCUT2D eigenvalue weighted by molar-refractivity contribution is 5.68. The largest absolute Gasteiger partial charge is 0.372 e. The molecule has 20 heavy (non-hydrogen) atoms. The van der Waals surface area contributed by atoms with Crippen molar-refractivity contribution >= 4 is 0 Å². The van der Waals surface area contributed by atoms with Crippen molar-refractivity contribution in [2.45, 2.75) is 18.9 Å². The van der Waals surface area contributed by atoms with Crippen LogP contribution in [0.2, 0.25) is 0 Å². The summed E-state index contributed by atoms with van der Waals surface area (Å²) in [6, 6.07) is 10.7. The monoisotopic (exact) mass is 268 g/mol. The summed E-state index contributed by atoms with van der Waals surface area (Å²) < 4.78 is 5.99. The molecular formula is C17H20N2O. The SMILES string of the molecule is CNC[C@@H]1OCCCc2c(-c3ccncc3)cccc21. The van der Waals surface area contributed by atoms with Crippen LogP contribution in [0.5, 0.6) is 0 Å². The lowest BCUT2D eigenvalue weighted by Gasteiger charge is -2.19. The number of pyridine rings is 1. The zero-order valence-electron chi connectivity index (χ0n) is 11.8. The van der Waals surface area contributed by atoms with Gasteiger partial charge in [0.15, 0.2) is 0 Å². The van der Waals surface area contributed by atoms with Gasteiger partial charge in [-0.3, -0.25) is 4.98 Å². The smallest absolute Gasteiger partial charge is 0.0951 e. The molecule has 0 bridgehead atoms. The molecule has 0 spiro atoms. The van der Waals surface area contributed by atoms with Crippen LogP contribution >= 0.6 is 0 Å². The summed E-state index contributed by atoms with van der Waals surface area (Å²) in [5, 5.41) is 3.23. The standard InChI is InChI=1S/C17H20N2O/c1-18-12-17-16-5-2-4-14(13-7-9-19-10-8-13)15(16)6-3-11-20-17/h2,4-5,7-10,17-18H,3,6,11-12H2,1H3/t17-/m0/s1. The van der Waals surface area contributed by atoms with Gasteiger partial charge in [0.25, 0.3) is 0 Å². The van der Waals surface area contributed by atoms with Gasteiger partial charge < -0.3 is 10.1 Å². The van der Waals surface area contributed by atoms with E-state index in [1.165, 1.54) is 22.3 Å². The molecule has 1 atom stereocenters. The van der Waals surface area contributed by atoms with Gasteiger partial charge >= 0.3 is 0 Å². The fourth-order valence-corrected chi connectivity index (χ4v) is 2.91. The molecule has 3 rings (SSSR count). The topological polar surface area (TPSA) is 34.1 Å². The summed E-state index contributed by atoms with van der Waals surface area (Å²) in [4.78, 5) is 4.11. The Balaban J connectivity index is 2.08. The first-order valence-electron chi connectivity index (χ1n) is 7.18. The molecule has 0 aliphatic carbocycles. The van der Waals surface area contributed by atoms with E-state index < -0.39 is 0 Å². The number of fused-ring (bicyclic) bond motifs is 1. The molecule has 1 aliphatic rings. The second-order valence-electron chi connectivity index (χ2n) is 5.13. The van der Waals surface area contributed by atoms with Gasteiger partial charge in [0, 0.05) is 25.5 Å². The fourth-order valence-electron chi connectivity index (χ4n) is 2.91. The van der Waals surface area contributed by atoms with Crippen LogP contribution in [0.4, 0.5) is 0 Å². The number of hydrogen-bond donors (Lipinski definition) is 1. The molecule has 1 aromatic carbocycles. The lowest BCUT2D eigenvalue weighted by Crippen LogP contribution is -2.20. The molecule has 3 nitrogen and oxygen atoms in total. The van der Waals surface area contributed by atoms with Gasteiger partial charge in [0.05, 0.1) is 6.10 Å². The minimum Gasteiger partial charge on any atom is -0.372 e. The molecule has 1 N–H and O–H groups in total. The van der Waals surface area contributed by atoms with Gasteiger partial charge in [0.1, 0.15) is 0 Å². The molecule has 0 radical (unpaired) electrons. The first-order chi connectivity index (χ1) is 9.90. The van der Waals surface area contributed by atoms with Gasteiger partial charge in [-0.15, -0.1) is 0 Å². The molecule has 1 aromatic heterocycles. The predicted molar refractivity (Wildman–Crippen MR) is 80.6 cm³/mol. The number of nitrogens with zero attached hydrogens (tertiary/aromatic N) is 1. The van der Waals surface area contributed by atoms with Crippen molar-refractivity contribution < 1.29 is 4.74 Å². The van der Waals surface area contributed by atoms with Crippen LogP contribution in [0.25, 0.3) is 11.1 Å². The number of rotatable bonds is 3. The lowest BCUT2D eigenvalue weighted by molar-refractivity contribution is 0.0579. The Morgan fingerprint density at radius 1 is 1.25 bits per heavy atom. The Morgan fingerprint density at radius 3 is 2.90 bits per heavy atom. The Morgan fingerprint density at radius 2 is 2.10 bits per heavy atom. The van der Waals surface area contributed by atoms with Crippen LogP contribution in [0, 0.1) is 0 Å². The Kier molecular flexibility index (Phi) is 4.09. The number of hydrogen-bond acceptors (Lipinski definition) is 3. The fraction of sp³-hybridized carbons (Fsp3) is 0.353. The highest BCUT2D eigenvalue weighted by Crippen LogP contribution is 2.33. The average molecular weight is 268 g/mol. The maximum Gasteiger partial charge on any atom is 0.0951 e. The van der Waals surface area contributed by atoms with Crippen molar-refractivity contribution in [3.8, 4) is 11.1 Å². The minimum atomic E-state index is 0.152. The lowest BCUT2D eigenvalue weighted by atomic mass is 9.91. The molecule has 104 valence electrons. The van der Waals surface area contributed by atoms with Gasteiger partial charge in [-0.2, -0.15) is 0 Å². The predicted octanol–water partition coefficient (Wildman–Crippen LogP) is 2.97. The highest BCUT2D eigenvalue weighted by atomic mass is 16.5. The van der Waals surface area contributed by atoms with E-state index in [0.29, 0.717) is 0 Å². The maximum atomic E-state index is 5.99. The summed E-state index contributed by atoms with van der Waals surface area (Å²) >= 11 is 0. The highest BCUT2D eigenvalue weighted by Gasteiger charge is 2.21. The van der Waals surface area contributed by atoms with Crippen LogP contribution in [-0.2, 0) is 11.2 Å². The Labute approximate surface area is 120 Å². The molecule has 1 aliphatic heterocycles. The van der Waals surface area contributed by atoms with E-state index in [4.69, 9.17) is 4.74 Å². The molecule has 0 unspecified atom stereocenters. The summed E-state index contributed by atoms with van der Waals surface area (Å²) in [5.74, 6) is 0. The molecule has 0 saturated heterocycles. The number of likely N-dealkylation sites (N-methyl/N-ethyl adjacent to an activating group) is 1. The van der Waals surface area contributed by atoms with Crippen molar-refractivity contribution in [3.63, 3.8) is 0 Å². The molecule has 0 saturated carbocycles. The molecule has 0 fully saturated rings. The van der Waals surface area contributed by atoms with Crippen LogP contribution in [-0.4, -0.2) is 25.2 Å². The van der Waals surface area contributed by atoms with E-state index in [0.717, 1.165) is 26.0 Å². The molecule has 3 heteroatoms. The number of ether oxygens (including phenoxy) is 1. The van der Waals surface area contributed by atoms with Crippen LogP contribution in [0.15, 0.2) is 42.7 Å². The van der Waals surface area contributed by atoms with Crippen molar-refractivity contribution in [1.82, 2.24) is 10.3 Å². The average Bonchev–Trinajstić information content (AvgIpc) is 2.71. The zero-order chi connectivity index (χ0) is 13.8. The molecule has 2 aromatic rings. The second-order valence-corrected chi connectivity index (χ2v) is 5.13. The maximum absolute atomic E-state index is 5.99. The quantitative estimate of drug-likeness (QED) is 0.929. The third-order valence-corrected chi connectivity index (χ3v) is 3.83. The van der Waals surface area contributed by atoms with E-state index in [-0.39, 0.29) is 6.10 Å². The van der Waals surface area contributed by atoms with E-state index in [1.54, 1.807) is 0 Å². The van der Waals surface area contributed by atoms with Crippen LogP contribution in [0.1, 0.15) is 23.7 Å². The summed E-state index contributed by atoms with van der Waals surface area (Å²) in [5.41, 5.74) is 5.31. The normalized spacial score (nSPS) is 18.4. The van der Waals surface area contributed by atoms with Crippen molar-refractivity contribution in [3.05, 3.63) is 53.9 Å². The van der Waals surface area contributed by atoms with Crippen molar-refractivity contribution in [2.75, 3.05) is 20.2 Å². The van der Waals surface area contributed by atoms with E-state index in [2.05, 4.69) is 40.6 Å². The first-order valence-corrected chi connectivity index (χ1v) is 7.18. The third kappa shape index (κ3) is 2.60. The van der Waals surface area contributed by atoms with E-state index in [9.17, 15) is 0 Å². The third-order valence-electron chi connectivity index (χ3n) is 3.83. The number of aromatic nitrogens is 1. The van der Waals surface area contributed by atoms with Crippen molar-refractivity contribution in [2.24, 2.45) is 0 Å². The second kappa shape index (κ2) is 6.16. The van der Waals surface area contributed by atoms with E-state index in [1.807, 2.05) is 19.4 Å². The summed E-state index contributed by atoms with van der Waals surface area (Å²) in [7, 11) is 1.97. The van der Waals surface area contributed by atoms with Gasteiger partial charge in [-0.25, -0.2) is 0 Å². The summed E-state index contributed by atoms with van der Waals surface area (Å²) in [6.07, 6.45) is 6.02. The summed E-state index contributed by atoms with van der Waals surface area (Å²) in [6.45, 7) is 1.68. The Hall–Kier alpha value is -1.71. The van der Waals surface area contributed by atoms with Gasteiger partial charge in [-0.05, 0) is 54.3 Å². The van der Waals surface area contributed by atoms with Gasteiger partial charge in [-0.1, -0.05) is 18.2 Å².